The molecule has 1 aliphatic rings. The Hall–Kier alpha value is -2.64. The molecule has 23 heavy (non-hydrogen) atoms. The number of carbonyl (C=O) groups excluding carboxylic acids is 4. The SMILES string of the molecule is COC(=O)c1c(C)[nH]c(C(=O)CN2C(=O)NC(C)(C)C2=O)c1C. The summed E-state index contributed by atoms with van der Waals surface area (Å²) < 4.78 is 4.69. The van der Waals surface area contributed by atoms with E-state index in [0.717, 1.165) is 4.90 Å². The lowest BCUT2D eigenvalue weighted by Gasteiger charge is -2.15. The van der Waals surface area contributed by atoms with E-state index >= 15 is 0 Å². The first-order valence-corrected chi connectivity index (χ1v) is 7.05. The number of Topliss-reactive ketones (excluding diaryl/α,β-unsaturated/α-hetero) is 1. The number of ether oxygens (including phenoxy) is 1. The molecule has 124 valence electrons. The van der Waals surface area contributed by atoms with Crippen LogP contribution in [0, 0.1) is 13.8 Å². The molecule has 0 spiro atoms. The van der Waals surface area contributed by atoms with Gasteiger partial charge in [-0.25, -0.2) is 9.59 Å². The Kier molecular flexibility index (Phi) is 4.02. The average molecular weight is 321 g/mol. The zero-order chi connectivity index (χ0) is 17.5. The zero-order valence-electron chi connectivity index (χ0n) is 13.7. The molecule has 0 aliphatic carbocycles. The summed E-state index contributed by atoms with van der Waals surface area (Å²) in [5.74, 6) is -1.47. The molecule has 8 heteroatoms. The third-order valence-corrected chi connectivity index (χ3v) is 3.85. The third-order valence-electron chi connectivity index (χ3n) is 3.85. The Bertz CT molecular complexity index is 717. The number of urea groups is 1. The first-order chi connectivity index (χ1) is 10.6. The van der Waals surface area contributed by atoms with Crippen molar-refractivity contribution in [2.24, 2.45) is 0 Å². The summed E-state index contributed by atoms with van der Waals surface area (Å²) in [5, 5.41) is 2.51. The van der Waals surface area contributed by atoms with Crippen LogP contribution in [0.1, 0.15) is 46.0 Å². The van der Waals surface area contributed by atoms with Crippen molar-refractivity contribution in [2.75, 3.05) is 13.7 Å². The Morgan fingerprint density at radius 2 is 1.83 bits per heavy atom. The first-order valence-electron chi connectivity index (χ1n) is 7.05. The van der Waals surface area contributed by atoms with E-state index in [1.54, 1.807) is 27.7 Å². The summed E-state index contributed by atoms with van der Waals surface area (Å²) in [7, 11) is 1.25. The molecule has 0 bridgehead atoms. The molecular formula is C15H19N3O5. The van der Waals surface area contributed by atoms with E-state index in [-0.39, 0.29) is 11.3 Å². The van der Waals surface area contributed by atoms with Gasteiger partial charge in [-0.05, 0) is 33.3 Å². The normalized spacial score (nSPS) is 16.5. The summed E-state index contributed by atoms with van der Waals surface area (Å²) in [6.07, 6.45) is 0. The van der Waals surface area contributed by atoms with Crippen molar-refractivity contribution >= 4 is 23.7 Å². The van der Waals surface area contributed by atoms with Crippen LogP contribution in [0.15, 0.2) is 0 Å². The van der Waals surface area contributed by atoms with Gasteiger partial charge in [0.2, 0.25) is 0 Å². The van der Waals surface area contributed by atoms with E-state index in [2.05, 4.69) is 15.0 Å². The predicted molar refractivity (Wildman–Crippen MR) is 80.3 cm³/mol. The number of rotatable bonds is 4. The maximum atomic E-state index is 12.4. The summed E-state index contributed by atoms with van der Waals surface area (Å²) >= 11 is 0. The minimum absolute atomic E-state index is 0.188. The van der Waals surface area contributed by atoms with Crippen LogP contribution in [0.25, 0.3) is 0 Å². The second kappa shape index (κ2) is 5.53. The number of nitrogens with one attached hydrogen (secondary N) is 2. The highest BCUT2D eigenvalue weighted by Crippen LogP contribution is 2.21. The number of aromatic nitrogens is 1. The number of nitrogens with zero attached hydrogens (tertiary/aromatic N) is 1. The Morgan fingerprint density at radius 1 is 1.22 bits per heavy atom. The lowest BCUT2D eigenvalue weighted by Crippen LogP contribution is -2.41. The molecule has 1 aliphatic heterocycles. The number of aryl methyl sites for hydroxylation is 1. The van der Waals surface area contributed by atoms with E-state index in [1.807, 2.05) is 0 Å². The van der Waals surface area contributed by atoms with Crippen molar-refractivity contribution in [3.05, 3.63) is 22.5 Å². The van der Waals surface area contributed by atoms with Gasteiger partial charge in [-0.1, -0.05) is 0 Å². The summed E-state index contributed by atoms with van der Waals surface area (Å²) in [6, 6.07) is -0.609. The Balaban J connectivity index is 2.28. The highest BCUT2D eigenvalue weighted by atomic mass is 16.5. The number of H-pyrrole nitrogens is 1. The van der Waals surface area contributed by atoms with E-state index < -0.39 is 35.8 Å². The van der Waals surface area contributed by atoms with Gasteiger partial charge in [-0.2, -0.15) is 0 Å². The minimum Gasteiger partial charge on any atom is -0.465 e. The molecule has 1 saturated heterocycles. The quantitative estimate of drug-likeness (QED) is 0.487. The molecule has 1 fully saturated rings. The van der Waals surface area contributed by atoms with Crippen LogP contribution in [-0.2, 0) is 9.53 Å². The van der Waals surface area contributed by atoms with E-state index in [1.165, 1.54) is 7.11 Å². The Labute approximate surface area is 133 Å². The summed E-state index contributed by atoms with van der Waals surface area (Å²) in [4.78, 5) is 51.8. The minimum atomic E-state index is -1.03. The van der Waals surface area contributed by atoms with Crippen molar-refractivity contribution in [2.45, 2.75) is 33.2 Å². The van der Waals surface area contributed by atoms with E-state index in [0.29, 0.717) is 11.3 Å². The molecule has 2 rings (SSSR count). The van der Waals surface area contributed by atoms with Gasteiger partial charge >= 0.3 is 12.0 Å². The number of hydrogen-bond donors (Lipinski definition) is 2. The highest BCUT2D eigenvalue weighted by Gasteiger charge is 2.45. The van der Waals surface area contributed by atoms with Gasteiger partial charge in [0.25, 0.3) is 5.91 Å². The summed E-state index contributed by atoms with van der Waals surface area (Å²) in [5.41, 5.74) is 0.373. The molecule has 2 heterocycles. The molecule has 0 radical (unpaired) electrons. The largest absolute Gasteiger partial charge is 0.465 e. The molecule has 2 N–H and O–H groups in total. The van der Waals surface area contributed by atoms with Crippen molar-refractivity contribution in [1.29, 1.82) is 0 Å². The topological polar surface area (TPSA) is 109 Å². The molecule has 0 unspecified atom stereocenters. The number of esters is 1. The van der Waals surface area contributed by atoms with Crippen LogP contribution in [0.4, 0.5) is 4.79 Å². The fourth-order valence-electron chi connectivity index (χ4n) is 2.62. The molecule has 0 aromatic carbocycles. The fraction of sp³-hybridized carbons (Fsp3) is 0.467. The van der Waals surface area contributed by atoms with Gasteiger partial charge in [-0.3, -0.25) is 14.5 Å². The number of hydrogen-bond acceptors (Lipinski definition) is 5. The fourth-order valence-corrected chi connectivity index (χ4v) is 2.62. The van der Waals surface area contributed by atoms with Crippen LogP contribution >= 0.6 is 0 Å². The summed E-state index contributed by atoms with van der Waals surface area (Å²) in [6.45, 7) is 6.00. The van der Waals surface area contributed by atoms with Crippen LogP contribution in [0.5, 0.6) is 0 Å². The van der Waals surface area contributed by atoms with Crippen LogP contribution in [0.2, 0.25) is 0 Å². The van der Waals surface area contributed by atoms with Crippen LogP contribution in [-0.4, -0.2) is 52.8 Å². The van der Waals surface area contributed by atoms with Gasteiger partial charge in [0.15, 0.2) is 5.78 Å². The number of aromatic amines is 1. The van der Waals surface area contributed by atoms with Crippen LogP contribution < -0.4 is 5.32 Å². The van der Waals surface area contributed by atoms with E-state index in [9.17, 15) is 19.2 Å². The third kappa shape index (κ3) is 2.71. The van der Waals surface area contributed by atoms with Crippen molar-refractivity contribution in [3.63, 3.8) is 0 Å². The maximum Gasteiger partial charge on any atom is 0.339 e. The Morgan fingerprint density at radius 3 is 2.30 bits per heavy atom. The molecule has 1 aromatic rings. The van der Waals surface area contributed by atoms with Gasteiger partial charge < -0.3 is 15.0 Å². The van der Waals surface area contributed by atoms with Gasteiger partial charge in [0.05, 0.1) is 24.9 Å². The van der Waals surface area contributed by atoms with Gasteiger partial charge in [0.1, 0.15) is 5.54 Å². The molecule has 0 saturated carbocycles. The predicted octanol–water partition coefficient (Wildman–Crippen LogP) is 0.931. The van der Waals surface area contributed by atoms with Crippen molar-refractivity contribution in [3.8, 4) is 0 Å². The second-order valence-corrected chi connectivity index (χ2v) is 5.99. The number of amides is 3. The zero-order valence-corrected chi connectivity index (χ0v) is 13.7. The van der Waals surface area contributed by atoms with Crippen LogP contribution in [0.3, 0.4) is 0 Å². The molecular weight excluding hydrogens is 302 g/mol. The second-order valence-electron chi connectivity index (χ2n) is 5.99. The number of ketones is 1. The van der Waals surface area contributed by atoms with E-state index in [4.69, 9.17) is 0 Å². The lowest BCUT2D eigenvalue weighted by molar-refractivity contribution is -0.129. The smallest absolute Gasteiger partial charge is 0.339 e. The average Bonchev–Trinajstić information content (AvgIpc) is 2.86. The first kappa shape index (κ1) is 16.7. The standard InChI is InChI=1S/C15H19N3O5/c1-7-10(12(20)23-5)8(2)16-11(7)9(19)6-18-13(21)15(3,4)17-14(18)22/h16H,6H2,1-5H3,(H,17,22). The molecule has 1 aromatic heterocycles. The van der Waals surface area contributed by atoms with Crippen molar-refractivity contribution in [1.82, 2.24) is 15.2 Å². The maximum absolute atomic E-state index is 12.4. The number of methoxy groups -OCH3 is 1. The monoisotopic (exact) mass is 321 g/mol. The van der Waals surface area contributed by atoms with Crippen molar-refractivity contribution < 1.29 is 23.9 Å². The molecule has 8 nitrogen and oxygen atoms in total. The molecule has 0 atom stereocenters. The van der Waals surface area contributed by atoms with Gasteiger partial charge in [-0.15, -0.1) is 0 Å². The number of imide groups is 1. The highest BCUT2D eigenvalue weighted by molar-refractivity contribution is 6.11. The molecule has 3 amide bonds. The number of carbonyl (C=O) groups is 4. The van der Waals surface area contributed by atoms with Gasteiger partial charge in [0, 0.05) is 5.69 Å². The lowest BCUT2D eigenvalue weighted by atomic mass is 10.1.